The number of carbonyl (C=O) groups excluding carboxylic acids is 1. The van der Waals surface area contributed by atoms with Crippen LogP contribution in [0.2, 0.25) is 0 Å². The molecule has 2 saturated carbocycles. The molecule has 0 spiro atoms. The fourth-order valence-corrected chi connectivity index (χ4v) is 3.19. The molecule has 0 aromatic carbocycles. The van der Waals surface area contributed by atoms with E-state index in [9.17, 15) is 4.79 Å². The fourth-order valence-electron chi connectivity index (χ4n) is 3.19. The highest BCUT2D eigenvalue weighted by Crippen LogP contribution is 2.42. The van der Waals surface area contributed by atoms with Crippen LogP contribution in [0, 0.1) is 6.92 Å². The van der Waals surface area contributed by atoms with Crippen LogP contribution in [-0.2, 0) is 4.74 Å². The van der Waals surface area contributed by atoms with E-state index in [1.54, 1.807) is 6.20 Å². The molecular formula is C18H28N4O2. The average molecular weight is 332 g/mol. The minimum absolute atomic E-state index is 0.0648. The summed E-state index contributed by atoms with van der Waals surface area (Å²) in [7, 11) is 0. The second-order valence-corrected chi connectivity index (χ2v) is 7.95. The van der Waals surface area contributed by atoms with Crippen LogP contribution in [0.1, 0.15) is 70.2 Å². The third kappa shape index (κ3) is 4.36. The lowest BCUT2D eigenvalue weighted by molar-refractivity contribution is 0.0503. The summed E-state index contributed by atoms with van der Waals surface area (Å²) < 4.78 is 5.38. The van der Waals surface area contributed by atoms with Gasteiger partial charge in [0.1, 0.15) is 11.4 Å². The predicted molar refractivity (Wildman–Crippen MR) is 93.2 cm³/mol. The van der Waals surface area contributed by atoms with Gasteiger partial charge in [-0.25, -0.2) is 9.78 Å². The van der Waals surface area contributed by atoms with Crippen molar-refractivity contribution in [3.8, 4) is 0 Å². The van der Waals surface area contributed by atoms with Gasteiger partial charge in [-0.3, -0.25) is 4.98 Å². The van der Waals surface area contributed by atoms with Crippen LogP contribution in [0.3, 0.4) is 0 Å². The van der Waals surface area contributed by atoms with Crippen molar-refractivity contribution in [2.75, 3.05) is 5.32 Å². The highest BCUT2D eigenvalue weighted by Gasteiger charge is 2.33. The highest BCUT2D eigenvalue weighted by atomic mass is 16.6. The number of carbonyl (C=O) groups is 1. The van der Waals surface area contributed by atoms with Gasteiger partial charge in [-0.2, -0.15) is 0 Å². The van der Waals surface area contributed by atoms with Crippen molar-refractivity contribution in [1.29, 1.82) is 0 Å². The normalized spacial score (nSPS) is 23.8. The lowest BCUT2D eigenvalue weighted by atomic mass is 10.1. The van der Waals surface area contributed by atoms with Crippen molar-refractivity contribution < 1.29 is 9.53 Å². The molecule has 2 aliphatic rings. The van der Waals surface area contributed by atoms with E-state index in [0.29, 0.717) is 5.92 Å². The molecule has 3 rings (SSSR count). The van der Waals surface area contributed by atoms with Gasteiger partial charge in [0.15, 0.2) is 0 Å². The van der Waals surface area contributed by atoms with Gasteiger partial charge >= 0.3 is 6.09 Å². The van der Waals surface area contributed by atoms with E-state index in [-0.39, 0.29) is 18.2 Å². The van der Waals surface area contributed by atoms with E-state index in [4.69, 9.17) is 4.74 Å². The molecule has 0 aliphatic heterocycles. The quantitative estimate of drug-likeness (QED) is 0.882. The number of alkyl carbamates (subject to hydrolysis) is 1. The molecule has 1 aromatic heterocycles. The molecule has 1 heterocycles. The van der Waals surface area contributed by atoms with Crippen molar-refractivity contribution in [1.82, 2.24) is 15.3 Å². The number of ether oxygens (including phenoxy) is 1. The second-order valence-electron chi connectivity index (χ2n) is 7.95. The molecule has 132 valence electrons. The zero-order valence-corrected chi connectivity index (χ0v) is 15.1. The molecule has 2 N–H and O–H groups in total. The first-order valence-electron chi connectivity index (χ1n) is 8.91. The Balaban J connectivity index is 1.65. The van der Waals surface area contributed by atoms with Crippen LogP contribution in [0.5, 0.6) is 0 Å². The van der Waals surface area contributed by atoms with E-state index < -0.39 is 5.60 Å². The minimum atomic E-state index is -0.479. The highest BCUT2D eigenvalue weighted by molar-refractivity contribution is 5.68. The van der Waals surface area contributed by atoms with Gasteiger partial charge in [0.25, 0.3) is 0 Å². The third-order valence-electron chi connectivity index (χ3n) is 4.42. The van der Waals surface area contributed by atoms with Gasteiger partial charge in [-0.15, -0.1) is 0 Å². The molecular weight excluding hydrogens is 304 g/mol. The smallest absolute Gasteiger partial charge is 0.407 e. The molecule has 1 amide bonds. The monoisotopic (exact) mass is 332 g/mol. The Hall–Kier alpha value is -1.85. The van der Waals surface area contributed by atoms with E-state index in [0.717, 1.165) is 36.5 Å². The van der Waals surface area contributed by atoms with Crippen LogP contribution < -0.4 is 10.6 Å². The summed E-state index contributed by atoms with van der Waals surface area (Å²) >= 11 is 0. The summed E-state index contributed by atoms with van der Waals surface area (Å²) in [4.78, 5) is 21.3. The van der Waals surface area contributed by atoms with Crippen LogP contribution in [0.4, 0.5) is 10.6 Å². The van der Waals surface area contributed by atoms with Crippen LogP contribution in [0.15, 0.2) is 6.20 Å². The molecule has 0 radical (unpaired) electrons. The summed E-state index contributed by atoms with van der Waals surface area (Å²) in [6.07, 6.45) is 6.89. The number of aromatic nitrogens is 2. The minimum Gasteiger partial charge on any atom is -0.444 e. The number of anilines is 1. The zero-order valence-electron chi connectivity index (χ0n) is 15.1. The van der Waals surface area contributed by atoms with Crippen molar-refractivity contribution in [2.24, 2.45) is 0 Å². The van der Waals surface area contributed by atoms with Gasteiger partial charge < -0.3 is 15.4 Å². The molecule has 2 aliphatic carbocycles. The first kappa shape index (κ1) is 17.0. The average Bonchev–Trinajstić information content (AvgIpc) is 3.22. The number of rotatable bonds is 4. The van der Waals surface area contributed by atoms with Crippen LogP contribution >= 0.6 is 0 Å². The second kappa shape index (κ2) is 6.57. The van der Waals surface area contributed by atoms with E-state index in [1.807, 2.05) is 27.7 Å². The third-order valence-corrected chi connectivity index (χ3v) is 4.42. The predicted octanol–water partition coefficient (Wildman–Crippen LogP) is 3.52. The Morgan fingerprint density at radius 1 is 1.21 bits per heavy atom. The Kier molecular flexibility index (Phi) is 4.65. The lowest BCUT2D eigenvalue weighted by Gasteiger charge is -2.26. The Morgan fingerprint density at radius 2 is 1.92 bits per heavy atom. The summed E-state index contributed by atoms with van der Waals surface area (Å²) in [6.45, 7) is 7.60. The number of hydrogen-bond acceptors (Lipinski definition) is 5. The Labute approximate surface area is 143 Å². The topological polar surface area (TPSA) is 76.1 Å². The maximum absolute atomic E-state index is 12.1. The molecule has 6 nitrogen and oxygen atoms in total. The summed E-state index contributed by atoms with van der Waals surface area (Å²) in [5.41, 5.74) is 1.56. The van der Waals surface area contributed by atoms with Gasteiger partial charge in [-0.1, -0.05) is 0 Å². The lowest BCUT2D eigenvalue weighted by Crippen LogP contribution is -2.45. The van der Waals surface area contributed by atoms with Crippen LogP contribution in [0.25, 0.3) is 0 Å². The van der Waals surface area contributed by atoms with Gasteiger partial charge in [0.2, 0.25) is 0 Å². The van der Waals surface area contributed by atoms with Gasteiger partial charge in [-0.05, 0) is 59.8 Å². The van der Waals surface area contributed by atoms with Crippen molar-refractivity contribution >= 4 is 11.9 Å². The maximum atomic E-state index is 12.1. The summed E-state index contributed by atoms with van der Waals surface area (Å²) in [5, 5.41) is 6.54. The largest absolute Gasteiger partial charge is 0.444 e. The number of nitrogens with zero attached hydrogens (tertiary/aromatic N) is 2. The SMILES string of the molecule is Cc1cnc(N[C@H]2CCC[C@@H]2NC(=O)OC(C)(C)C)c(C2CC2)n1. The molecule has 6 heteroatoms. The van der Waals surface area contributed by atoms with E-state index in [1.165, 1.54) is 12.8 Å². The zero-order chi connectivity index (χ0) is 17.3. The summed E-state index contributed by atoms with van der Waals surface area (Å²) in [6, 6.07) is 0.238. The van der Waals surface area contributed by atoms with Gasteiger partial charge in [0, 0.05) is 12.0 Å². The Bertz CT molecular complexity index is 608. The Morgan fingerprint density at radius 3 is 2.58 bits per heavy atom. The molecule has 2 fully saturated rings. The number of amides is 1. The molecule has 0 saturated heterocycles. The summed E-state index contributed by atoms with van der Waals surface area (Å²) in [5.74, 6) is 1.42. The number of nitrogens with one attached hydrogen (secondary N) is 2. The van der Waals surface area contributed by atoms with Crippen molar-refractivity contribution in [3.63, 3.8) is 0 Å². The fraction of sp³-hybridized carbons (Fsp3) is 0.722. The van der Waals surface area contributed by atoms with Crippen molar-refractivity contribution in [3.05, 3.63) is 17.6 Å². The molecule has 0 unspecified atom stereocenters. The van der Waals surface area contributed by atoms with Crippen LogP contribution in [-0.4, -0.2) is 33.7 Å². The molecule has 1 aromatic rings. The first-order valence-corrected chi connectivity index (χ1v) is 8.91. The molecule has 0 bridgehead atoms. The van der Waals surface area contributed by atoms with Gasteiger partial charge in [0.05, 0.1) is 23.6 Å². The van der Waals surface area contributed by atoms with E-state index >= 15 is 0 Å². The number of aryl methyl sites for hydroxylation is 1. The standard InChI is InChI=1S/C18H28N4O2/c1-11-10-19-16(15(20-11)12-8-9-12)21-13-6-5-7-14(13)22-17(23)24-18(2,3)4/h10,12-14H,5-9H2,1-4H3,(H,19,21)(H,22,23)/t13-,14-/m0/s1. The first-order chi connectivity index (χ1) is 11.3. The van der Waals surface area contributed by atoms with Crippen molar-refractivity contribution in [2.45, 2.75) is 83.4 Å². The molecule has 24 heavy (non-hydrogen) atoms. The number of hydrogen-bond donors (Lipinski definition) is 2. The molecule has 2 atom stereocenters. The maximum Gasteiger partial charge on any atom is 0.407 e. The van der Waals surface area contributed by atoms with E-state index in [2.05, 4.69) is 20.6 Å².